The number of methoxy groups -OCH3 is 1. The topological polar surface area (TPSA) is 64.1 Å². The number of carbonyl (C=O) groups excluding carboxylic acids is 1. The summed E-state index contributed by atoms with van der Waals surface area (Å²) in [6, 6.07) is 19.5. The lowest BCUT2D eigenvalue weighted by Gasteiger charge is -2.09. The van der Waals surface area contributed by atoms with Gasteiger partial charge in [-0.2, -0.15) is 0 Å². The summed E-state index contributed by atoms with van der Waals surface area (Å²) in [7, 11) is 1.66. The van der Waals surface area contributed by atoms with E-state index in [1.165, 1.54) is 11.3 Å². The highest BCUT2D eigenvalue weighted by Crippen LogP contribution is 2.31. The van der Waals surface area contributed by atoms with Gasteiger partial charge in [0.05, 0.1) is 34.5 Å². The van der Waals surface area contributed by atoms with E-state index in [2.05, 4.69) is 10.3 Å². The van der Waals surface area contributed by atoms with Gasteiger partial charge in [0, 0.05) is 16.3 Å². The Labute approximate surface area is 193 Å². The Morgan fingerprint density at radius 3 is 2.62 bits per heavy atom. The second-order valence-corrected chi connectivity index (χ2v) is 9.03. The van der Waals surface area contributed by atoms with Gasteiger partial charge in [-0.3, -0.25) is 10.1 Å². The molecule has 0 aliphatic carbocycles. The van der Waals surface area contributed by atoms with Crippen molar-refractivity contribution in [2.75, 3.05) is 12.4 Å². The van der Waals surface area contributed by atoms with E-state index in [1.54, 1.807) is 18.4 Å². The minimum absolute atomic E-state index is 0.201. The number of hydrogen-bond acceptors (Lipinski definition) is 6. The maximum atomic E-state index is 13.2. The van der Waals surface area contributed by atoms with E-state index in [0.29, 0.717) is 10.7 Å². The fourth-order valence-corrected chi connectivity index (χ4v) is 4.98. The molecular formula is C25H19N3O2S2. The molecule has 0 bridgehead atoms. The average Bonchev–Trinajstić information content (AvgIpc) is 3.51. The maximum Gasteiger partial charge on any atom is 0.258 e. The number of fused-ring (bicyclic) bond motifs is 1. The monoisotopic (exact) mass is 457 g/mol. The van der Waals surface area contributed by atoms with Gasteiger partial charge in [0.25, 0.3) is 5.91 Å². The molecule has 5 nitrogen and oxygen atoms in total. The summed E-state index contributed by atoms with van der Waals surface area (Å²) in [4.78, 5) is 23.6. The molecule has 0 spiro atoms. The lowest BCUT2D eigenvalue weighted by molar-refractivity contribution is 0.102. The summed E-state index contributed by atoms with van der Waals surface area (Å²) in [5, 5.41) is 8.28. The lowest BCUT2D eigenvalue weighted by atomic mass is 10.1. The molecule has 0 aliphatic heterocycles. The van der Waals surface area contributed by atoms with Crippen LogP contribution in [0.5, 0.6) is 5.75 Å². The van der Waals surface area contributed by atoms with Crippen molar-refractivity contribution < 1.29 is 9.53 Å². The van der Waals surface area contributed by atoms with Gasteiger partial charge in [-0.15, -0.1) is 22.7 Å². The van der Waals surface area contributed by atoms with Crippen LogP contribution < -0.4 is 10.1 Å². The summed E-state index contributed by atoms with van der Waals surface area (Å²) in [5.74, 6) is 0.636. The third kappa shape index (κ3) is 3.88. The largest absolute Gasteiger partial charge is 0.496 e. The van der Waals surface area contributed by atoms with E-state index in [-0.39, 0.29) is 5.91 Å². The minimum atomic E-state index is -0.201. The number of nitrogens with zero attached hydrogens (tertiary/aromatic N) is 2. The molecule has 2 aromatic carbocycles. The normalized spacial score (nSPS) is 10.9. The molecule has 7 heteroatoms. The third-order valence-corrected chi connectivity index (χ3v) is 6.80. The van der Waals surface area contributed by atoms with Crippen LogP contribution in [0.25, 0.3) is 32.7 Å². The van der Waals surface area contributed by atoms with Crippen molar-refractivity contribution in [3.63, 3.8) is 0 Å². The number of ether oxygens (including phenoxy) is 1. The van der Waals surface area contributed by atoms with E-state index in [9.17, 15) is 4.79 Å². The van der Waals surface area contributed by atoms with Gasteiger partial charge < -0.3 is 4.74 Å². The highest BCUT2D eigenvalue weighted by molar-refractivity contribution is 7.14. The highest BCUT2D eigenvalue weighted by Gasteiger charge is 2.16. The first-order chi connectivity index (χ1) is 15.6. The summed E-state index contributed by atoms with van der Waals surface area (Å²) >= 11 is 3.00. The number of carbonyl (C=O) groups is 1. The van der Waals surface area contributed by atoms with Crippen LogP contribution in [0.2, 0.25) is 0 Å². The number of hydrogen-bond donors (Lipinski definition) is 1. The van der Waals surface area contributed by atoms with Gasteiger partial charge in [0.2, 0.25) is 0 Å². The van der Waals surface area contributed by atoms with Crippen molar-refractivity contribution in [1.29, 1.82) is 0 Å². The van der Waals surface area contributed by atoms with Crippen LogP contribution in [-0.4, -0.2) is 23.0 Å². The number of pyridine rings is 1. The van der Waals surface area contributed by atoms with Crippen molar-refractivity contribution in [1.82, 2.24) is 9.97 Å². The predicted octanol–water partition coefficient (Wildman–Crippen LogP) is 6.66. The van der Waals surface area contributed by atoms with Crippen molar-refractivity contribution in [2.24, 2.45) is 0 Å². The quantitative estimate of drug-likeness (QED) is 0.321. The van der Waals surface area contributed by atoms with Crippen LogP contribution in [0.15, 0.2) is 71.4 Å². The number of rotatable bonds is 5. The van der Waals surface area contributed by atoms with Crippen LogP contribution in [0, 0.1) is 6.92 Å². The zero-order valence-corrected chi connectivity index (χ0v) is 19.1. The molecule has 0 saturated heterocycles. The van der Waals surface area contributed by atoms with Crippen molar-refractivity contribution in [3.05, 3.63) is 82.6 Å². The Hall–Kier alpha value is -3.55. The second kappa shape index (κ2) is 8.53. The minimum Gasteiger partial charge on any atom is -0.496 e. The predicted molar refractivity (Wildman–Crippen MR) is 132 cm³/mol. The Morgan fingerprint density at radius 2 is 1.84 bits per heavy atom. The summed E-state index contributed by atoms with van der Waals surface area (Å²) in [6.45, 7) is 2.00. The van der Waals surface area contributed by atoms with Gasteiger partial charge in [-0.1, -0.05) is 24.3 Å². The van der Waals surface area contributed by atoms with Crippen molar-refractivity contribution >= 4 is 44.6 Å². The first-order valence-corrected chi connectivity index (χ1v) is 11.7. The molecule has 3 aromatic heterocycles. The van der Waals surface area contributed by atoms with Crippen LogP contribution in [0.1, 0.15) is 15.9 Å². The number of nitrogens with one attached hydrogen (secondary N) is 1. The molecule has 0 unspecified atom stereocenters. The van der Waals surface area contributed by atoms with Crippen LogP contribution in [0.4, 0.5) is 5.13 Å². The van der Waals surface area contributed by atoms with Crippen LogP contribution in [-0.2, 0) is 0 Å². The van der Waals surface area contributed by atoms with Gasteiger partial charge in [0.1, 0.15) is 5.75 Å². The molecule has 5 rings (SSSR count). The number of anilines is 1. The number of amides is 1. The maximum absolute atomic E-state index is 13.2. The van der Waals surface area contributed by atoms with Crippen LogP contribution >= 0.6 is 22.7 Å². The number of aromatic nitrogens is 2. The molecule has 32 heavy (non-hydrogen) atoms. The van der Waals surface area contributed by atoms with Gasteiger partial charge in [-0.25, -0.2) is 9.97 Å². The van der Waals surface area contributed by atoms with Gasteiger partial charge in [-0.05, 0) is 54.3 Å². The summed E-state index contributed by atoms with van der Waals surface area (Å²) in [6.07, 6.45) is 0. The number of thiophene rings is 1. The zero-order chi connectivity index (χ0) is 22.1. The standard InChI is InChI=1S/C25H19N3O2S2/c1-15-12-16(9-10-22(15)30-2)21-14-32-25(27-21)28-24(29)18-13-20(23-8-5-11-31-23)26-19-7-4-3-6-17(18)19/h3-14H,1-2H3,(H,27,28,29). The third-order valence-electron chi connectivity index (χ3n) is 5.15. The molecule has 1 N–H and O–H groups in total. The van der Waals surface area contributed by atoms with E-state index in [4.69, 9.17) is 9.72 Å². The molecule has 1 amide bonds. The molecule has 5 aromatic rings. The fraction of sp³-hybridized carbons (Fsp3) is 0.0800. The Bertz CT molecular complexity index is 1420. The van der Waals surface area contributed by atoms with E-state index in [1.807, 2.05) is 78.3 Å². The fourth-order valence-electron chi connectivity index (χ4n) is 3.58. The molecular weight excluding hydrogens is 438 g/mol. The Morgan fingerprint density at radius 1 is 0.969 bits per heavy atom. The summed E-state index contributed by atoms with van der Waals surface area (Å²) < 4.78 is 5.34. The number of aryl methyl sites for hydroxylation is 1. The van der Waals surface area contributed by atoms with Crippen molar-refractivity contribution in [2.45, 2.75) is 6.92 Å². The van der Waals surface area contributed by atoms with Gasteiger partial charge >= 0.3 is 0 Å². The van der Waals surface area contributed by atoms with Crippen LogP contribution in [0.3, 0.4) is 0 Å². The molecule has 3 heterocycles. The Kier molecular flexibility index (Phi) is 5.43. The van der Waals surface area contributed by atoms with E-state index >= 15 is 0 Å². The second-order valence-electron chi connectivity index (χ2n) is 7.23. The zero-order valence-electron chi connectivity index (χ0n) is 17.5. The van der Waals surface area contributed by atoms with Crippen molar-refractivity contribution in [3.8, 4) is 27.6 Å². The SMILES string of the molecule is COc1ccc(-c2csc(NC(=O)c3cc(-c4cccs4)nc4ccccc34)n2)cc1C. The average molecular weight is 458 g/mol. The molecule has 0 aliphatic rings. The lowest BCUT2D eigenvalue weighted by Crippen LogP contribution is -2.13. The first kappa shape index (κ1) is 20.4. The first-order valence-electron chi connectivity index (χ1n) is 9.98. The van der Waals surface area contributed by atoms with E-state index < -0.39 is 0 Å². The number of para-hydroxylation sites is 1. The van der Waals surface area contributed by atoms with E-state index in [0.717, 1.165) is 44.0 Å². The highest BCUT2D eigenvalue weighted by atomic mass is 32.1. The summed E-state index contributed by atoms with van der Waals surface area (Å²) in [5.41, 5.74) is 4.99. The molecule has 158 valence electrons. The molecule has 0 atom stereocenters. The smallest absolute Gasteiger partial charge is 0.258 e. The van der Waals surface area contributed by atoms with Gasteiger partial charge in [0.15, 0.2) is 5.13 Å². The molecule has 0 radical (unpaired) electrons. The molecule has 0 saturated carbocycles. The number of thiazole rings is 1. The molecule has 0 fully saturated rings. The number of benzene rings is 2. The Balaban J connectivity index is 1.46.